The zero-order chi connectivity index (χ0) is 12.5. The summed E-state index contributed by atoms with van der Waals surface area (Å²) in [4.78, 5) is 0.0854. The molecule has 2 rings (SSSR count). The van der Waals surface area contributed by atoms with Gasteiger partial charge in [0.2, 0.25) is 0 Å². The minimum absolute atomic E-state index is 0.0854. The van der Waals surface area contributed by atoms with E-state index in [-0.39, 0.29) is 18.1 Å². The molecule has 17 heavy (non-hydrogen) atoms. The smallest absolute Gasteiger partial charge is 0.297 e. The lowest BCUT2D eigenvalue weighted by atomic mass is 10.2. The number of hydrogen-bond acceptors (Lipinski definition) is 5. The molecule has 1 N–H and O–H groups in total. The first-order valence-electron chi connectivity index (χ1n) is 5.25. The highest BCUT2D eigenvalue weighted by Crippen LogP contribution is 2.19. The Bertz CT molecular complexity index is 479. The summed E-state index contributed by atoms with van der Waals surface area (Å²) in [6.45, 7) is 2.06. The van der Waals surface area contributed by atoms with Crippen molar-refractivity contribution >= 4 is 10.1 Å². The van der Waals surface area contributed by atoms with Crippen LogP contribution in [0, 0.1) is 6.92 Å². The molecule has 0 bridgehead atoms. The van der Waals surface area contributed by atoms with Gasteiger partial charge in [0.15, 0.2) is 0 Å². The van der Waals surface area contributed by atoms with Crippen molar-refractivity contribution in [1.29, 1.82) is 0 Å². The molecular weight excluding hydrogens is 244 g/mol. The number of aryl methyl sites for hydroxylation is 1. The van der Waals surface area contributed by atoms with Crippen LogP contribution in [0.5, 0.6) is 0 Å². The first kappa shape index (κ1) is 12.5. The van der Waals surface area contributed by atoms with Gasteiger partial charge in [-0.2, -0.15) is 8.42 Å². The van der Waals surface area contributed by atoms with E-state index < -0.39 is 22.3 Å². The van der Waals surface area contributed by atoms with Crippen LogP contribution in [-0.4, -0.2) is 38.9 Å². The summed E-state index contributed by atoms with van der Waals surface area (Å²) in [6, 6.07) is 6.34. The van der Waals surface area contributed by atoms with Crippen molar-refractivity contribution in [3.63, 3.8) is 0 Å². The molecule has 0 spiro atoms. The van der Waals surface area contributed by atoms with Crippen molar-refractivity contribution < 1.29 is 22.4 Å². The second-order valence-corrected chi connectivity index (χ2v) is 5.58. The third kappa shape index (κ3) is 2.84. The molecule has 0 saturated carbocycles. The highest BCUT2D eigenvalue weighted by molar-refractivity contribution is 7.86. The molecule has 0 amide bonds. The number of hydrogen-bond donors (Lipinski definition) is 1. The molecule has 1 aromatic rings. The quantitative estimate of drug-likeness (QED) is 0.797. The second-order valence-electron chi connectivity index (χ2n) is 4.01. The van der Waals surface area contributed by atoms with E-state index in [0.29, 0.717) is 0 Å². The van der Waals surface area contributed by atoms with E-state index in [1.54, 1.807) is 12.1 Å². The van der Waals surface area contributed by atoms with Gasteiger partial charge in [-0.25, -0.2) is 0 Å². The Balaban J connectivity index is 2.16. The molecule has 1 heterocycles. The van der Waals surface area contributed by atoms with Gasteiger partial charge in [-0.3, -0.25) is 4.18 Å². The maximum atomic E-state index is 11.9. The Labute approximate surface area is 100 Å². The van der Waals surface area contributed by atoms with Gasteiger partial charge in [-0.1, -0.05) is 17.7 Å². The number of rotatable bonds is 3. The van der Waals surface area contributed by atoms with Gasteiger partial charge in [0.25, 0.3) is 10.1 Å². The molecule has 0 unspecified atom stereocenters. The highest BCUT2D eigenvalue weighted by atomic mass is 32.2. The zero-order valence-corrected chi connectivity index (χ0v) is 10.2. The van der Waals surface area contributed by atoms with Crippen LogP contribution in [0.1, 0.15) is 5.56 Å². The largest absolute Gasteiger partial charge is 0.388 e. The summed E-state index contributed by atoms with van der Waals surface area (Å²) in [6.07, 6.45) is -1.71. The summed E-state index contributed by atoms with van der Waals surface area (Å²) < 4.78 is 33.6. The zero-order valence-electron chi connectivity index (χ0n) is 9.37. The maximum Gasteiger partial charge on any atom is 0.297 e. The van der Waals surface area contributed by atoms with E-state index in [0.717, 1.165) is 5.56 Å². The lowest BCUT2D eigenvalue weighted by molar-refractivity contribution is 0.0773. The van der Waals surface area contributed by atoms with E-state index in [1.165, 1.54) is 12.1 Å². The predicted octanol–water partition coefficient (Wildman–Crippen LogP) is 0.460. The SMILES string of the molecule is Cc1ccc(S(=O)(=O)O[C@@H]2COC[C@H]2O)cc1. The molecule has 0 radical (unpaired) electrons. The minimum atomic E-state index is -3.83. The monoisotopic (exact) mass is 258 g/mol. The van der Waals surface area contributed by atoms with Crippen molar-refractivity contribution in [3.05, 3.63) is 29.8 Å². The van der Waals surface area contributed by atoms with Crippen LogP contribution in [-0.2, 0) is 19.0 Å². The fraction of sp³-hybridized carbons (Fsp3) is 0.455. The Morgan fingerprint density at radius 3 is 2.47 bits per heavy atom. The summed E-state index contributed by atoms with van der Waals surface area (Å²) in [5.41, 5.74) is 0.966. The third-order valence-electron chi connectivity index (χ3n) is 2.56. The van der Waals surface area contributed by atoms with Crippen molar-refractivity contribution in [2.75, 3.05) is 13.2 Å². The van der Waals surface area contributed by atoms with Crippen LogP contribution in [0.2, 0.25) is 0 Å². The van der Waals surface area contributed by atoms with Crippen molar-refractivity contribution in [2.45, 2.75) is 24.0 Å². The molecule has 1 aliphatic heterocycles. The molecule has 1 fully saturated rings. The van der Waals surface area contributed by atoms with Gasteiger partial charge in [0, 0.05) is 0 Å². The average molecular weight is 258 g/mol. The molecule has 2 atom stereocenters. The van der Waals surface area contributed by atoms with Gasteiger partial charge in [-0.05, 0) is 19.1 Å². The number of aliphatic hydroxyl groups is 1. The standard InChI is InChI=1S/C11H14O5S/c1-8-2-4-9(5-3-8)17(13,14)16-11-7-15-6-10(11)12/h2-5,10-12H,6-7H2,1H3/t10-,11-/m1/s1. The molecule has 1 aliphatic rings. The van der Waals surface area contributed by atoms with Gasteiger partial charge >= 0.3 is 0 Å². The Morgan fingerprint density at radius 2 is 1.94 bits per heavy atom. The summed E-state index contributed by atoms with van der Waals surface area (Å²) in [5.74, 6) is 0. The average Bonchev–Trinajstić information content (AvgIpc) is 2.64. The summed E-state index contributed by atoms with van der Waals surface area (Å²) >= 11 is 0. The van der Waals surface area contributed by atoms with Crippen molar-refractivity contribution in [1.82, 2.24) is 0 Å². The fourth-order valence-corrected chi connectivity index (χ4v) is 2.63. The topological polar surface area (TPSA) is 72.8 Å². The molecule has 1 saturated heterocycles. The molecular formula is C11H14O5S. The molecule has 6 heteroatoms. The molecule has 0 aromatic heterocycles. The minimum Gasteiger partial charge on any atom is -0.388 e. The van der Waals surface area contributed by atoms with Crippen LogP contribution in [0.25, 0.3) is 0 Å². The second kappa shape index (κ2) is 4.73. The van der Waals surface area contributed by atoms with Crippen LogP contribution >= 0.6 is 0 Å². The first-order valence-corrected chi connectivity index (χ1v) is 6.65. The van der Waals surface area contributed by atoms with E-state index in [9.17, 15) is 13.5 Å². The van der Waals surface area contributed by atoms with E-state index in [1.807, 2.05) is 6.92 Å². The molecule has 1 aromatic carbocycles. The van der Waals surface area contributed by atoms with Crippen LogP contribution in [0.3, 0.4) is 0 Å². The third-order valence-corrected chi connectivity index (χ3v) is 3.91. The molecule has 0 aliphatic carbocycles. The normalized spacial score (nSPS) is 25.1. The van der Waals surface area contributed by atoms with Crippen molar-refractivity contribution in [3.8, 4) is 0 Å². The maximum absolute atomic E-state index is 11.9. The summed E-state index contributed by atoms with van der Waals surface area (Å²) in [5, 5.41) is 9.43. The number of ether oxygens (including phenoxy) is 1. The Hall–Kier alpha value is -0.950. The van der Waals surface area contributed by atoms with Gasteiger partial charge in [0.05, 0.1) is 18.1 Å². The lowest BCUT2D eigenvalue weighted by Crippen LogP contribution is -2.29. The van der Waals surface area contributed by atoms with Gasteiger partial charge in [0.1, 0.15) is 12.2 Å². The van der Waals surface area contributed by atoms with Gasteiger partial charge < -0.3 is 9.84 Å². The lowest BCUT2D eigenvalue weighted by Gasteiger charge is -2.13. The van der Waals surface area contributed by atoms with E-state index in [2.05, 4.69) is 0 Å². The highest BCUT2D eigenvalue weighted by Gasteiger charge is 2.32. The molecule has 94 valence electrons. The molecule has 5 nitrogen and oxygen atoms in total. The Kier molecular flexibility index (Phi) is 3.48. The number of aliphatic hydroxyl groups excluding tert-OH is 1. The van der Waals surface area contributed by atoms with Crippen LogP contribution in [0.4, 0.5) is 0 Å². The van der Waals surface area contributed by atoms with Crippen molar-refractivity contribution in [2.24, 2.45) is 0 Å². The van der Waals surface area contributed by atoms with E-state index in [4.69, 9.17) is 8.92 Å². The predicted molar refractivity (Wildman–Crippen MR) is 60.1 cm³/mol. The first-order chi connectivity index (χ1) is 7.99. The van der Waals surface area contributed by atoms with E-state index >= 15 is 0 Å². The van der Waals surface area contributed by atoms with Crippen LogP contribution in [0.15, 0.2) is 29.2 Å². The van der Waals surface area contributed by atoms with Crippen LogP contribution < -0.4 is 0 Å². The fourth-order valence-electron chi connectivity index (χ4n) is 1.54. The number of benzene rings is 1. The summed E-state index contributed by atoms with van der Waals surface area (Å²) in [7, 11) is -3.83. The van der Waals surface area contributed by atoms with Gasteiger partial charge in [-0.15, -0.1) is 0 Å². The Morgan fingerprint density at radius 1 is 1.29 bits per heavy atom.